The number of pyridine rings is 2. The van der Waals surface area contributed by atoms with Crippen LogP contribution in [0.25, 0.3) is 44.3 Å². The predicted molar refractivity (Wildman–Crippen MR) is 200 cm³/mol. The van der Waals surface area contributed by atoms with Gasteiger partial charge in [0.2, 0.25) is 0 Å². The summed E-state index contributed by atoms with van der Waals surface area (Å²) >= 11 is 0. The van der Waals surface area contributed by atoms with Gasteiger partial charge in [0.25, 0.3) is 0 Å². The van der Waals surface area contributed by atoms with Crippen LogP contribution >= 0.6 is 0 Å². The number of hydrogen-bond acceptors (Lipinski definition) is 5. The van der Waals surface area contributed by atoms with E-state index in [1.54, 1.807) is 0 Å². The van der Waals surface area contributed by atoms with Gasteiger partial charge in [0.1, 0.15) is 5.69 Å². The van der Waals surface area contributed by atoms with Gasteiger partial charge in [-0.2, -0.15) is 0 Å². The molecule has 0 aliphatic heterocycles. The van der Waals surface area contributed by atoms with Gasteiger partial charge in [-0.05, 0) is 61.1 Å². The summed E-state index contributed by atoms with van der Waals surface area (Å²) in [5, 5.41) is 13.2. The zero-order valence-electron chi connectivity index (χ0n) is 30.7. The molecule has 0 atom stereocenters. The van der Waals surface area contributed by atoms with Crippen LogP contribution in [-0.4, -0.2) is 20.9 Å². The Bertz CT molecular complexity index is 1860. The third-order valence-electron chi connectivity index (χ3n) is 9.17. The van der Waals surface area contributed by atoms with Crippen molar-refractivity contribution < 1.29 is 34.4 Å². The van der Waals surface area contributed by atoms with Crippen molar-refractivity contribution in [2.45, 2.75) is 99.8 Å². The first-order valence-corrected chi connectivity index (χ1v) is 17.6. The molecule has 3 aromatic heterocycles. The average molecular weight is 838 g/mol. The third kappa shape index (κ3) is 9.77. The summed E-state index contributed by atoms with van der Waals surface area (Å²) in [7, 11) is 0. The number of carbonyl (C=O) groups excluding carboxylic acids is 1. The second-order valence-electron chi connectivity index (χ2n) is 14.2. The summed E-state index contributed by atoms with van der Waals surface area (Å²) in [5.41, 5.74) is 7.10. The minimum Gasteiger partial charge on any atom is -0.512 e. The Kier molecular flexibility index (Phi) is 14.5. The number of aromatic nitrogens is 2. The Morgan fingerprint density at radius 1 is 0.898 bits per heavy atom. The molecule has 0 saturated carbocycles. The first-order valence-electron chi connectivity index (χ1n) is 17.6. The van der Waals surface area contributed by atoms with Crippen LogP contribution < -0.4 is 0 Å². The van der Waals surface area contributed by atoms with Crippen molar-refractivity contribution in [1.29, 1.82) is 0 Å². The van der Waals surface area contributed by atoms with Crippen LogP contribution in [0.2, 0.25) is 0 Å². The van der Waals surface area contributed by atoms with Crippen molar-refractivity contribution in [1.82, 2.24) is 9.97 Å². The van der Waals surface area contributed by atoms with Gasteiger partial charge in [-0.1, -0.05) is 97.5 Å². The van der Waals surface area contributed by atoms with E-state index in [1.165, 1.54) is 22.6 Å². The second-order valence-corrected chi connectivity index (χ2v) is 14.2. The maximum atomic E-state index is 11.7. The van der Waals surface area contributed by atoms with Crippen LogP contribution in [-0.2, 0) is 36.7 Å². The number of furan rings is 1. The number of fused-ring (bicyclic) bond motifs is 2. The first kappa shape index (κ1) is 39.8. The number of allylic oxidation sites excluding steroid dienone is 2. The molecule has 5 nitrogen and oxygen atoms in total. The van der Waals surface area contributed by atoms with Crippen LogP contribution in [0.4, 0.5) is 0 Å². The molecule has 0 spiro atoms. The van der Waals surface area contributed by atoms with Gasteiger partial charge >= 0.3 is 0 Å². The molecule has 6 heteroatoms. The molecule has 2 aromatic carbocycles. The van der Waals surface area contributed by atoms with Gasteiger partial charge in [-0.25, -0.2) is 0 Å². The second kappa shape index (κ2) is 17.9. The van der Waals surface area contributed by atoms with Crippen LogP contribution in [0.15, 0.2) is 83.4 Å². The molecule has 0 amide bonds. The van der Waals surface area contributed by atoms with Crippen LogP contribution in [0.5, 0.6) is 0 Å². The molecule has 0 unspecified atom stereocenters. The number of hydrogen-bond donors (Lipinski definition) is 1. The number of aliphatic hydroxyl groups is 1. The molecule has 0 fully saturated rings. The maximum absolute atomic E-state index is 11.7. The molecule has 0 bridgehead atoms. The monoisotopic (exact) mass is 838 g/mol. The summed E-state index contributed by atoms with van der Waals surface area (Å²) in [6.45, 7) is 19.3. The van der Waals surface area contributed by atoms with Crippen molar-refractivity contribution in [3.8, 4) is 22.5 Å². The van der Waals surface area contributed by atoms with E-state index in [-0.39, 0.29) is 48.9 Å². The van der Waals surface area contributed by atoms with E-state index in [0.717, 1.165) is 71.0 Å². The van der Waals surface area contributed by atoms with E-state index < -0.39 is 0 Å². The van der Waals surface area contributed by atoms with Crippen molar-refractivity contribution >= 4 is 27.5 Å². The van der Waals surface area contributed by atoms with Crippen LogP contribution in [0.1, 0.15) is 99.1 Å². The standard InChI is InChI=1S/C30H29N2O.C13H24O2.Ir/c1-19(2)14-23-18-33-29-25(23)11-13-32-28(29)21-10-12-31-27(17-21)22-15-20-8-6-7-9-24(20)26(16-22)30(3,4)5;1-5-10(6-2)12(14)9-13(15)11(7-3)8-4;/h6-13,16-19H,14H2,1-5H3;9-11,14H,5-8H2,1-4H3;/q-1;;/b;12-9-;. The summed E-state index contributed by atoms with van der Waals surface area (Å²) < 4.78 is 6.01. The van der Waals surface area contributed by atoms with Crippen LogP contribution in [0.3, 0.4) is 0 Å². The van der Waals surface area contributed by atoms with Gasteiger partial charge < -0.3 is 9.52 Å². The molecule has 5 rings (SSSR count). The quantitative estimate of drug-likeness (QED) is 0.0815. The zero-order chi connectivity index (χ0) is 35.0. The minimum absolute atomic E-state index is 0. The molecule has 0 aliphatic rings. The van der Waals surface area contributed by atoms with Gasteiger partial charge in [0.15, 0.2) is 11.4 Å². The van der Waals surface area contributed by atoms with E-state index in [2.05, 4.69) is 88.1 Å². The van der Waals surface area contributed by atoms with E-state index in [0.29, 0.717) is 5.92 Å². The summed E-state index contributed by atoms with van der Waals surface area (Å²) in [5.74, 6) is 1.11. The zero-order valence-corrected chi connectivity index (χ0v) is 33.1. The molecule has 263 valence electrons. The number of aliphatic hydroxyl groups excluding tert-OH is 1. The van der Waals surface area contributed by atoms with Crippen LogP contribution in [0, 0.1) is 23.8 Å². The molecule has 5 aromatic rings. The van der Waals surface area contributed by atoms with Crippen molar-refractivity contribution in [3.05, 3.63) is 96.2 Å². The normalized spacial score (nSPS) is 12.0. The number of benzene rings is 2. The van der Waals surface area contributed by atoms with E-state index in [1.807, 2.05) is 52.4 Å². The van der Waals surface area contributed by atoms with Crippen molar-refractivity contribution in [2.75, 3.05) is 0 Å². The van der Waals surface area contributed by atoms with Gasteiger partial charge in [0.05, 0.1) is 12.0 Å². The fourth-order valence-electron chi connectivity index (χ4n) is 6.31. The summed E-state index contributed by atoms with van der Waals surface area (Å²) in [6.07, 6.45) is 11.5. The fourth-order valence-corrected chi connectivity index (χ4v) is 6.31. The van der Waals surface area contributed by atoms with E-state index in [9.17, 15) is 9.90 Å². The molecular weight excluding hydrogens is 785 g/mol. The summed E-state index contributed by atoms with van der Waals surface area (Å²) in [6, 6.07) is 20.4. The Labute approximate surface area is 307 Å². The maximum Gasteiger partial charge on any atom is 0.162 e. The van der Waals surface area contributed by atoms with Gasteiger partial charge in [0, 0.05) is 67.1 Å². The molecule has 0 saturated heterocycles. The Morgan fingerprint density at radius 3 is 2.18 bits per heavy atom. The minimum atomic E-state index is 0. The Balaban J connectivity index is 0.000000347. The van der Waals surface area contributed by atoms with E-state index in [4.69, 9.17) is 9.40 Å². The Hall–Kier alpha value is -3.60. The SMILES string of the molecule is CC(C)Cc1coc2c(-c3ccnc(-c4[c-]c5ccccc5c(C(C)(C)C)c4)c3)nccc12.CCC(CC)C(=O)/C=C(\O)C(CC)CC.[Ir]. The van der Waals surface area contributed by atoms with Gasteiger partial charge in [-0.3, -0.25) is 14.8 Å². The topological polar surface area (TPSA) is 76.2 Å². The average Bonchev–Trinajstić information content (AvgIpc) is 3.47. The number of nitrogens with zero attached hydrogens (tertiary/aromatic N) is 2. The third-order valence-corrected chi connectivity index (χ3v) is 9.17. The predicted octanol–water partition coefficient (Wildman–Crippen LogP) is 11.9. The summed E-state index contributed by atoms with van der Waals surface area (Å²) in [4.78, 5) is 21.1. The molecular formula is C43H53IrN2O3-. The number of rotatable bonds is 11. The number of carbonyl (C=O) groups is 1. The molecule has 0 aliphatic carbocycles. The largest absolute Gasteiger partial charge is 0.512 e. The molecule has 1 radical (unpaired) electrons. The number of ketones is 1. The van der Waals surface area contributed by atoms with Crippen molar-refractivity contribution in [2.24, 2.45) is 17.8 Å². The van der Waals surface area contributed by atoms with Gasteiger partial charge in [-0.15, -0.1) is 29.1 Å². The molecule has 49 heavy (non-hydrogen) atoms. The first-order chi connectivity index (χ1) is 22.9. The smallest absolute Gasteiger partial charge is 0.162 e. The Morgan fingerprint density at radius 2 is 1.55 bits per heavy atom. The fraction of sp³-hybridized carbons (Fsp3) is 0.419. The molecule has 3 heterocycles. The van der Waals surface area contributed by atoms with Crippen molar-refractivity contribution in [3.63, 3.8) is 0 Å². The molecule has 1 N–H and O–H groups in total. The van der Waals surface area contributed by atoms with E-state index >= 15 is 0 Å².